The van der Waals surface area contributed by atoms with Crippen molar-refractivity contribution in [3.63, 3.8) is 0 Å². The van der Waals surface area contributed by atoms with E-state index < -0.39 is 0 Å². The molecule has 1 aliphatic rings. The quantitative estimate of drug-likeness (QED) is 0.731. The molecule has 1 aromatic carbocycles. The first-order chi connectivity index (χ1) is 7.77. The van der Waals surface area contributed by atoms with E-state index in [0.29, 0.717) is 5.56 Å². The van der Waals surface area contributed by atoms with Gasteiger partial charge in [-0.3, -0.25) is 0 Å². The molecule has 0 aliphatic carbocycles. The van der Waals surface area contributed by atoms with Crippen molar-refractivity contribution in [1.29, 1.82) is 0 Å². The summed E-state index contributed by atoms with van der Waals surface area (Å²) in [6, 6.07) is 5.49. The summed E-state index contributed by atoms with van der Waals surface area (Å²) in [6.07, 6.45) is 2.89. The third kappa shape index (κ3) is 1.77. The first-order valence-electron chi connectivity index (χ1n) is 5.65. The number of methoxy groups -OCH3 is 1. The fraction of sp³-hybridized carbons (Fsp3) is 0.462. The van der Waals surface area contributed by atoms with Crippen LogP contribution in [0.5, 0.6) is 5.75 Å². The van der Waals surface area contributed by atoms with Gasteiger partial charge < -0.3 is 9.47 Å². The third-order valence-electron chi connectivity index (χ3n) is 2.90. The van der Waals surface area contributed by atoms with Gasteiger partial charge in [0.05, 0.1) is 12.7 Å². The van der Waals surface area contributed by atoms with Gasteiger partial charge in [-0.05, 0) is 25.0 Å². The van der Waals surface area contributed by atoms with Crippen LogP contribution in [0.25, 0.3) is 0 Å². The lowest BCUT2D eigenvalue weighted by molar-refractivity contribution is 0.0361. The Morgan fingerprint density at radius 3 is 2.94 bits per heavy atom. The lowest BCUT2D eigenvalue weighted by Crippen LogP contribution is -1.99. The van der Waals surface area contributed by atoms with Gasteiger partial charge >= 0.3 is 5.97 Å². The van der Waals surface area contributed by atoms with Crippen molar-refractivity contribution < 1.29 is 14.3 Å². The summed E-state index contributed by atoms with van der Waals surface area (Å²) in [5, 5.41) is 0. The largest absolute Gasteiger partial charge is 0.496 e. The van der Waals surface area contributed by atoms with Crippen LogP contribution in [-0.4, -0.2) is 13.1 Å². The van der Waals surface area contributed by atoms with E-state index in [-0.39, 0.29) is 12.1 Å². The van der Waals surface area contributed by atoms with E-state index in [1.165, 1.54) is 0 Å². The highest BCUT2D eigenvalue weighted by Gasteiger charge is 2.33. The first-order valence-corrected chi connectivity index (χ1v) is 5.65. The zero-order valence-electron chi connectivity index (χ0n) is 9.66. The minimum atomic E-state index is -0.227. The van der Waals surface area contributed by atoms with E-state index in [0.717, 1.165) is 30.6 Å². The maximum atomic E-state index is 11.6. The second-order valence-corrected chi connectivity index (χ2v) is 3.96. The molecule has 16 heavy (non-hydrogen) atoms. The van der Waals surface area contributed by atoms with E-state index in [1.807, 2.05) is 12.1 Å². The summed E-state index contributed by atoms with van der Waals surface area (Å²) in [4.78, 5) is 11.6. The molecule has 0 bridgehead atoms. The van der Waals surface area contributed by atoms with Gasteiger partial charge in [-0.1, -0.05) is 19.4 Å². The standard InChI is InChI=1S/C13H16O3/c1-3-4-7-11-12-9(13(14)16-11)6-5-8-10(12)15-2/h5-6,8,11H,3-4,7H2,1-2H3. The SMILES string of the molecule is CCCCC1OC(=O)c2cccc(OC)c21. The van der Waals surface area contributed by atoms with Crippen molar-refractivity contribution in [3.05, 3.63) is 29.3 Å². The fourth-order valence-electron chi connectivity index (χ4n) is 2.08. The molecule has 0 amide bonds. The lowest BCUT2D eigenvalue weighted by Gasteiger charge is -2.12. The van der Waals surface area contributed by atoms with E-state index >= 15 is 0 Å². The molecule has 3 nitrogen and oxygen atoms in total. The van der Waals surface area contributed by atoms with Crippen molar-refractivity contribution >= 4 is 5.97 Å². The Morgan fingerprint density at radius 1 is 1.44 bits per heavy atom. The highest BCUT2D eigenvalue weighted by atomic mass is 16.6. The topological polar surface area (TPSA) is 35.5 Å². The zero-order valence-corrected chi connectivity index (χ0v) is 9.66. The summed E-state index contributed by atoms with van der Waals surface area (Å²) >= 11 is 0. The van der Waals surface area contributed by atoms with Crippen LogP contribution in [-0.2, 0) is 4.74 Å². The summed E-state index contributed by atoms with van der Waals surface area (Å²) < 4.78 is 10.6. The first kappa shape index (κ1) is 11.0. The van der Waals surface area contributed by atoms with E-state index in [1.54, 1.807) is 13.2 Å². The molecule has 86 valence electrons. The highest BCUT2D eigenvalue weighted by Crippen LogP contribution is 2.39. The normalized spacial score (nSPS) is 18.1. The molecular formula is C13H16O3. The number of hydrogen-bond donors (Lipinski definition) is 0. The van der Waals surface area contributed by atoms with Crippen LogP contribution in [0.1, 0.15) is 48.2 Å². The highest BCUT2D eigenvalue weighted by molar-refractivity contribution is 5.95. The summed E-state index contributed by atoms with van der Waals surface area (Å²) in [5.41, 5.74) is 1.57. The molecule has 1 unspecified atom stereocenters. The Morgan fingerprint density at radius 2 is 2.25 bits per heavy atom. The Balaban J connectivity index is 2.34. The molecule has 1 aliphatic heterocycles. The maximum absolute atomic E-state index is 11.6. The number of unbranched alkanes of at least 4 members (excludes halogenated alkanes) is 1. The molecule has 1 atom stereocenters. The van der Waals surface area contributed by atoms with Crippen LogP contribution in [0.4, 0.5) is 0 Å². The number of fused-ring (bicyclic) bond motifs is 1. The van der Waals surface area contributed by atoms with Gasteiger partial charge in [0.25, 0.3) is 0 Å². The van der Waals surface area contributed by atoms with Gasteiger partial charge in [0.1, 0.15) is 11.9 Å². The Kier molecular flexibility index (Phi) is 3.13. The van der Waals surface area contributed by atoms with Crippen LogP contribution >= 0.6 is 0 Å². The van der Waals surface area contributed by atoms with Crippen molar-refractivity contribution in [2.45, 2.75) is 32.3 Å². The van der Waals surface area contributed by atoms with Gasteiger partial charge in [-0.2, -0.15) is 0 Å². The Bertz CT molecular complexity index is 398. The van der Waals surface area contributed by atoms with Crippen LogP contribution in [0.2, 0.25) is 0 Å². The van der Waals surface area contributed by atoms with Crippen molar-refractivity contribution in [3.8, 4) is 5.75 Å². The number of carbonyl (C=O) groups excluding carboxylic acids is 1. The van der Waals surface area contributed by atoms with Gasteiger partial charge in [-0.15, -0.1) is 0 Å². The minimum absolute atomic E-state index is 0.126. The Labute approximate surface area is 95.4 Å². The molecule has 0 N–H and O–H groups in total. The predicted octanol–water partition coefficient (Wildman–Crippen LogP) is 3.10. The molecule has 0 spiro atoms. The van der Waals surface area contributed by atoms with Crippen LogP contribution in [0, 0.1) is 0 Å². The van der Waals surface area contributed by atoms with Crippen LogP contribution in [0.3, 0.4) is 0 Å². The van der Waals surface area contributed by atoms with E-state index in [2.05, 4.69) is 6.92 Å². The molecule has 1 heterocycles. The van der Waals surface area contributed by atoms with E-state index in [9.17, 15) is 4.79 Å². The second-order valence-electron chi connectivity index (χ2n) is 3.96. The number of esters is 1. The smallest absolute Gasteiger partial charge is 0.339 e. The van der Waals surface area contributed by atoms with Gasteiger partial charge in [0.15, 0.2) is 0 Å². The van der Waals surface area contributed by atoms with Gasteiger partial charge in [0, 0.05) is 5.56 Å². The minimum Gasteiger partial charge on any atom is -0.496 e. The van der Waals surface area contributed by atoms with Gasteiger partial charge in [0.2, 0.25) is 0 Å². The lowest BCUT2D eigenvalue weighted by atomic mass is 10.00. The molecule has 1 aromatic rings. The summed E-state index contributed by atoms with van der Waals surface area (Å²) in [6.45, 7) is 2.12. The molecule has 0 radical (unpaired) electrons. The maximum Gasteiger partial charge on any atom is 0.339 e. The summed E-state index contributed by atoms with van der Waals surface area (Å²) in [5.74, 6) is 0.527. The monoisotopic (exact) mass is 220 g/mol. The number of hydrogen-bond acceptors (Lipinski definition) is 3. The summed E-state index contributed by atoms with van der Waals surface area (Å²) in [7, 11) is 1.62. The van der Waals surface area contributed by atoms with Crippen molar-refractivity contribution in [2.75, 3.05) is 7.11 Å². The average molecular weight is 220 g/mol. The molecule has 0 saturated heterocycles. The molecule has 0 fully saturated rings. The average Bonchev–Trinajstić information content (AvgIpc) is 2.64. The van der Waals surface area contributed by atoms with Crippen molar-refractivity contribution in [2.24, 2.45) is 0 Å². The van der Waals surface area contributed by atoms with E-state index in [4.69, 9.17) is 9.47 Å². The number of benzene rings is 1. The van der Waals surface area contributed by atoms with Crippen molar-refractivity contribution in [1.82, 2.24) is 0 Å². The zero-order chi connectivity index (χ0) is 11.5. The number of rotatable bonds is 4. The predicted molar refractivity (Wildman–Crippen MR) is 60.7 cm³/mol. The van der Waals surface area contributed by atoms with Crippen LogP contribution in [0.15, 0.2) is 18.2 Å². The second kappa shape index (κ2) is 4.56. The molecule has 0 saturated carbocycles. The Hall–Kier alpha value is -1.51. The van der Waals surface area contributed by atoms with Gasteiger partial charge in [-0.25, -0.2) is 4.79 Å². The van der Waals surface area contributed by atoms with Crippen LogP contribution < -0.4 is 4.74 Å². The number of ether oxygens (including phenoxy) is 2. The number of cyclic esters (lactones) is 1. The fourth-order valence-corrected chi connectivity index (χ4v) is 2.08. The molecular weight excluding hydrogens is 204 g/mol. The number of carbonyl (C=O) groups is 1. The molecule has 3 heteroatoms. The molecule has 2 rings (SSSR count). The third-order valence-corrected chi connectivity index (χ3v) is 2.90. The molecule has 0 aromatic heterocycles.